The minimum atomic E-state index is -1.02. The Hall–Kier alpha value is -0.380. The Labute approximate surface area is 110 Å². The molecule has 17 heavy (non-hydrogen) atoms. The maximum Gasteiger partial charge on any atom is 0.0579 e. The van der Waals surface area contributed by atoms with Crippen LogP contribution in [0.15, 0.2) is 29.2 Å². The van der Waals surface area contributed by atoms with Gasteiger partial charge in [0.25, 0.3) is 0 Å². The van der Waals surface area contributed by atoms with Crippen LogP contribution < -0.4 is 5.73 Å². The molecule has 1 aromatic carbocycles. The van der Waals surface area contributed by atoms with Gasteiger partial charge in [-0.1, -0.05) is 36.6 Å². The van der Waals surface area contributed by atoms with Gasteiger partial charge in [-0.25, -0.2) is 0 Å². The first-order chi connectivity index (χ1) is 8.24. The number of nitrogens with two attached hydrogens (primary N) is 1. The molecule has 0 bridgehead atoms. The summed E-state index contributed by atoms with van der Waals surface area (Å²) < 4.78 is 12.6. The second kappa shape index (κ2) is 5.98. The van der Waals surface area contributed by atoms with Gasteiger partial charge in [-0.3, -0.25) is 4.21 Å². The van der Waals surface area contributed by atoms with E-state index in [0.29, 0.717) is 17.5 Å². The van der Waals surface area contributed by atoms with Crippen LogP contribution in [0, 0.1) is 5.92 Å². The van der Waals surface area contributed by atoms with Gasteiger partial charge in [-0.05, 0) is 37.4 Å². The fourth-order valence-electron chi connectivity index (χ4n) is 2.50. The Kier molecular flexibility index (Phi) is 4.60. The second-order valence-corrected chi connectivity index (χ2v) is 6.59. The van der Waals surface area contributed by atoms with Crippen molar-refractivity contribution in [1.82, 2.24) is 0 Å². The van der Waals surface area contributed by atoms with Crippen molar-refractivity contribution < 1.29 is 4.21 Å². The van der Waals surface area contributed by atoms with Crippen molar-refractivity contribution in [2.45, 2.75) is 35.8 Å². The van der Waals surface area contributed by atoms with E-state index < -0.39 is 10.8 Å². The topological polar surface area (TPSA) is 43.1 Å². The third kappa shape index (κ3) is 2.90. The van der Waals surface area contributed by atoms with Crippen LogP contribution in [0.1, 0.15) is 25.7 Å². The van der Waals surface area contributed by atoms with Gasteiger partial charge in [-0.15, -0.1) is 0 Å². The zero-order chi connectivity index (χ0) is 12.3. The van der Waals surface area contributed by atoms with Crippen molar-refractivity contribution in [3.63, 3.8) is 0 Å². The average molecular weight is 272 g/mol. The predicted octanol–water partition coefficient (Wildman–Crippen LogP) is 2.97. The molecule has 94 valence electrons. The van der Waals surface area contributed by atoms with E-state index in [1.807, 2.05) is 18.2 Å². The molecule has 1 aliphatic rings. The van der Waals surface area contributed by atoms with Gasteiger partial charge >= 0.3 is 0 Å². The summed E-state index contributed by atoms with van der Waals surface area (Å²) in [5.74, 6) is 0.376. The first-order valence-electron chi connectivity index (χ1n) is 6.09. The normalized spacial score (nSPS) is 26.7. The van der Waals surface area contributed by atoms with Crippen molar-refractivity contribution in [3.8, 4) is 0 Å². The molecule has 0 heterocycles. The largest absolute Gasteiger partial charge is 0.330 e. The fourth-order valence-corrected chi connectivity index (χ4v) is 4.64. The summed E-state index contributed by atoms with van der Waals surface area (Å²) >= 11 is 6.10. The molecule has 0 aliphatic heterocycles. The molecule has 1 saturated carbocycles. The predicted molar refractivity (Wildman–Crippen MR) is 72.7 cm³/mol. The lowest BCUT2D eigenvalue weighted by atomic mass is 9.89. The van der Waals surface area contributed by atoms with E-state index in [1.165, 1.54) is 6.42 Å². The van der Waals surface area contributed by atoms with Gasteiger partial charge in [0.05, 0.1) is 20.7 Å². The molecule has 2 N–H and O–H groups in total. The molecule has 0 aromatic heterocycles. The molecule has 3 unspecified atom stereocenters. The maximum absolute atomic E-state index is 12.6. The summed E-state index contributed by atoms with van der Waals surface area (Å²) in [6.07, 6.45) is 4.45. The molecule has 1 aliphatic carbocycles. The van der Waals surface area contributed by atoms with Crippen LogP contribution in [0.25, 0.3) is 0 Å². The number of hydrogen-bond acceptors (Lipinski definition) is 2. The van der Waals surface area contributed by atoms with Crippen molar-refractivity contribution in [2.24, 2.45) is 11.7 Å². The van der Waals surface area contributed by atoms with Crippen LogP contribution in [0.2, 0.25) is 5.02 Å². The highest BCUT2D eigenvalue weighted by molar-refractivity contribution is 7.85. The minimum Gasteiger partial charge on any atom is -0.330 e. The molecule has 2 nitrogen and oxygen atoms in total. The average Bonchev–Trinajstić information content (AvgIpc) is 2.38. The highest BCUT2D eigenvalue weighted by atomic mass is 35.5. The van der Waals surface area contributed by atoms with Crippen LogP contribution in [0.3, 0.4) is 0 Å². The van der Waals surface area contributed by atoms with E-state index >= 15 is 0 Å². The van der Waals surface area contributed by atoms with Gasteiger partial charge in [0, 0.05) is 5.25 Å². The molecule has 2 rings (SSSR count). The van der Waals surface area contributed by atoms with E-state index in [-0.39, 0.29) is 5.25 Å². The summed E-state index contributed by atoms with van der Waals surface area (Å²) in [6.45, 7) is 0.626. The van der Waals surface area contributed by atoms with Crippen LogP contribution in [0.5, 0.6) is 0 Å². The van der Waals surface area contributed by atoms with Crippen LogP contribution in [0.4, 0.5) is 0 Å². The first kappa shape index (κ1) is 13.1. The summed E-state index contributed by atoms with van der Waals surface area (Å²) in [7, 11) is -1.02. The van der Waals surface area contributed by atoms with Gasteiger partial charge < -0.3 is 5.73 Å². The van der Waals surface area contributed by atoms with E-state index in [2.05, 4.69) is 0 Å². The highest BCUT2D eigenvalue weighted by Crippen LogP contribution is 2.32. The molecule has 3 atom stereocenters. The molecule has 1 fully saturated rings. The SMILES string of the molecule is NCC1CCCCC1S(=O)c1ccccc1Cl. The summed E-state index contributed by atoms with van der Waals surface area (Å²) in [6, 6.07) is 7.42. The molecular weight excluding hydrogens is 254 g/mol. The third-order valence-corrected chi connectivity index (χ3v) is 5.87. The Morgan fingerprint density at radius 2 is 2.00 bits per heavy atom. The Balaban J connectivity index is 2.21. The lowest BCUT2D eigenvalue weighted by Gasteiger charge is -2.30. The van der Waals surface area contributed by atoms with Gasteiger partial charge in [0.15, 0.2) is 0 Å². The standard InChI is InChI=1S/C13H18ClNOS/c14-11-6-2-4-8-13(11)17(16)12-7-3-1-5-10(12)9-15/h2,4,6,8,10,12H,1,3,5,7,9,15H2. The summed E-state index contributed by atoms with van der Waals surface area (Å²) in [4.78, 5) is 0.763. The number of benzene rings is 1. The number of rotatable bonds is 3. The molecule has 4 heteroatoms. The minimum absolute atomic E-state index is 0.175. The van der Waals surface area contributed by atoms with Crippen molar-refractivity contribution in [3.05, 3.63) is 29.3 Å². The van der Waals surface area contributed by atoms with E-state index in [4.69, 9.17) is 17.3 Å². The van der Waals surface area contributed by atoms with Crippen LogP contribution in [-0.2, 0) is 10.8 Å². The molecule has 0 spiro atoms. The van der Waals surface area contributed by atoms with E-state index in [1.54, 1.807) is 6.07 Å². The van der Waals surface area contributed by atoms with Crippen LogP contribution in [-0.4, -0.2) is 16.0 Å². The quantitative estimate of drug-likeness (QED) is 0.918. The summed E-state index contributed by atoms with van der Waals surface area (Å²) in [5, 5.41) is 0.779. The van der Waals surface area contributed by atoms with E-state index in [9.17, 15) is 4.21 Å². The van der Waals surface area contributed by atoms with Gasteiger partial charge in [0.1, 0.15) is 0 Å². The smallest absolute Gasteiger partial charge is 0.0579 e. The molecule has 1 aromatic rings. The zero-order valence-electron chi connectivity index (χ0n) is 9.77. The molecule has 0 radical (unpaired) electrons. The van der Waals surface area contributed by atoms with Gasteiger partial charge in [-0.2, -0.15) is 0 Å². The fraction of sp³-hybridized carbons (Fsp3) is 0.538. The second-order valence-electron chi connectivity index (χ2n) is 4.55. The van der Waals surface area contributed by atoms with Crippen molar-refractivity contribution in [1.29, 1.82) is 0 Å². The summed E-state index contributed by atoms with van der Waals surface area (Å²) in [5.41, 5.74) is 5.78. The Morgan fingerprint density at radius 1 is 1.29 bits per heavy atom. The lowest BCUT2D eigenvalue weighted by molar-refractivity contribution is 0.372. The Bertz CT molecular complexity index is 410. The van der Waals surface area contributed by atoms with Crippen LogP contribution >= 0.6 is 11.6 Å². The lowest BCUT2D eigenvalue weighted by Crippen LogP contribution is -2.34. The van der Waals surface area contributed by atoms with Crippen molar-refractivity contribution >= 4 is 22.4 Å². The van der Waals surface area contributed by atoms with Crippen molar-refractivity contribution in [2.75, 3.05) is 6.54 Å². The molecule has 0 saturated heterocycles. The molecule has 0 amide bonds. The first-order valence-corrected chi connectivity index (χ1v) is 7.68. The third-order valence-electron chi connectivity index (χ3n) is 3.47. The Morgan fingerprint density at radius 3 is 2.71 bits per heavy atom. The monoisotopic (exact) mass is 271 g/mol. The maximum atomic E-state index is 12.6. The van der Waals surface area contributed by atoms with Gasteiger partial charge in [0.2, 0.25) is 0 Å². The molecular formula is C13H18ClNOS. The highest BCUT2D eigenvalue weighted by Gasteiger charge is 2.30. The van der Waals surface area contributed by atoms with E-state index in [0.717, 1.165) is 24.2 Å². The number of halogens is 1. The zero-order valence-corrected chi connectivity index (χ0v) is 11.3. The number of hydrogen-bond donors (Lipinski definition) is 1.